The summed E-state index contributed by atoms with van der Waals surface area (Å²) < 4.78 is 51.9. The van der Waals surface area contributed by atoms with Crippen molar-refractivity contribution in [3.05, 3.63) is 46.5 Å². The third-order valence-corrected chi connectivity index (χ3v) is 5.52. The number of benzene rings is 2. The van der Waals surface area contributed by atoms with Gasteiger partial charge in [0.15, 0.2) is 23.0 Å². The first-order valence-electron chi connectivity index (χ1n) is 10.5. The lowest BCUT2D eigenvalue weighted by Gasteiger charge is -2.37. The van der Waals surface area contributed by atoms with E-state index in [9.17, 15) is 4.79 Å². The molecule has 0 amide bonds. The molecule has 0 radical (unpaired) electrons. The smallest absolute Gasteiger partial charge is 0.343 e. The molecule has 0 bridgehead atoms. The largest absolute Gasteiger partial charge is 0.493 e. The van der Waals surface area contributed by atoms with E-state index >= 15 is 0 Å². The second-order valence-electron chi connectivity index (χ2n) is 6.88. The van der Waals surface area contributed by atoms with Gasteiger partial charge in [-0.2, -0.15) is 0 Å². The molecule has 28 heavy (non-hydrogen) atoms. The Balaban J connectivity index is 1.68. The van der Waals surface area contributed by atoms with Gasteiger partial charge in [0.25, 0.3) is 0 Å². The van der Waals surface area contributed by atoms with Gasteiger partial charge in [-0.25, -0.2) is 4.79 Å². The van der Waals surface area contributed by atoms with Crippen LogP contribution in [0.3, 0.4) is 0 Å². The topological polar surface area (TPSA) is 66.5 Å². The molecule has 0 aliphatic carbocycles. The number of ether oxygens (including phenoxy) is 5. The number of hydrogen-bond acceptors (Lipinski definition) is 7. The number of esters is 1. The Morgan fingerprint density at radius 1 is 1.14 bits per heavy atom. The van der Waals surface area contributed by atoms with Crippen LogP contribution in [0.25, 0.3) is 0 Å². The predicted molar refractivity (Wildman–Crippen MR) is 99.3 cm³/mol. The van der Waals surface area contributed by atoms with Gasteiger partial charge in [0.1, 0.15) is 11.7 Å². The summed E-state index contributed by atoms with van der Waals surface area (Å²) in [6.45, 7) is -1.99. The summed E-state index contributed by atoms with van der Waals surface area (Å²) in [6.07, 6.45) is -0.303. The van der Waals surface area contributed by atoms with Crippen molar-refractivity contribution in [2.45, 2.75) is 18.6 Å². The summed E-state index contributed by atoms with van der Waals surface area (Å²) >= 11 is 0. The Morgan fingerprint density at radius 3 is 2.71 bits per heavy atom. The summed E-state index contributed by atoms with van der Waals surface area (Å²) in [4.78, 5) is 14.3. The fourth-order valence-electron chi connectivity index (χ4n) is 4.23. The van der Waals surface area contributed by atoms with Crippen LogP contribution in [0, 0.1) is 0 Å². The maximum atomic E-state index is 12.9. The normalized spacial score (nSPS) is 24.5. The highest BCUT2D eigenvalue weighted by atomic mass is 16.7. The molecular formula is C21H21NO6. The molecule has 7 nitrogen and oxygen atoms in total. The second kappa shape index (κ2) is 6.31. The number of cyclic esters (lactones) is 1. The molecule has 2 atom stereocenters. The first-order valence-corrected chi connectivity index (χ1v) is 8.98. The second-order valence-corrected chi connectivity index (χ2v) is 6.88. The van der Waals surface area contributed by atoms with Crippen molar-refractivity contribution in [2.24, 2.45) is 0 Å². The first kappa shape index (κ1) is 14.1. The van der Waals surface area contributed by atoms with Crippen LogP contribution >= 0.6 is 0 Å². The Labute approximate surface area is 166 Å². The minimum Gasteiger partial charge on any atom is -0.493 e. The molecule has 3 heterocycles. The molecule has 0 aromatic heterocycles. The summed E-state index contributed by atoms with van der Waals surface area (Å²) in [5, 5.41) is 0. The molecule has 2 aromatic rings. The lowest BCUT2D eigenvalue weighted by molar-refractivity contribution is 0.00935. The molecule has 2 aromatic carbocycles. The molecule has 146 valence electrons. The van der Waals surface area contributed by atoms with Crippen molar-refractivity contribution in [3.63, 3.8) is 0 Å². The van der Waals surface area contributed by atoms with Gasteiger partial charge in [-0.15, -0.1) is 0 Å². The van der Waals surface area contributed by atoms with Crippen molar-refractivity contribution in [3.8, 4) is 23.0 Å². The molecule has 3 aliphatic heterocycles. The third-order valence-electron chi connectivity index (χ3n) is 5.52. The van der Waals surface area contributed by atoms with Crippen LogP contribution in [0.4, 0.5) is 0 Å². The molecule has 0 saturated heterocycles. The van der Waals surface area contributed by atoms with E-state index in [-0.39, 0.29) is 24.7 Å². The zero-order valence-corrected chi connectivity index (χ0v) is 15.5. The number of nitrogens with zero attached hydrogens (tertiary/aromatic N) is 1. The highest BCUT2D eigenvalue weighted by Crippen LogP contribution is 2.50. The maximum absolute atomic E-state index is 12.9. The molecule has 0 unspecified atom stereocenters. The van der Waals surface area contributed by atoms with Crippen molar-refractivity contribution < 1.29 is 32.6 Å². The van der Waals surface area contributed by atoms with E-state index in [2.05, 4.69) is 0 Å². The van der Waals surface area contributed by atoms with E-state index in [0.29, 0.717) is 29.2 Å². The van der Waals surface area contributed by atoms with Crippen LogP contribution < -0.4 is 18.9 Å². The quantitative estimate of drug-likeness (QED) is 0.752. The number of methoxy groups -OCH3 is 2. The monoisotopic (exact) mass is 386 g/mol. The van der Waals surface area contributed by atoms with Gasteiger partial charge in [0.05, 0.1) is 20.3 Å². The molecule has 7 heteroatoms. The summed E-state index contributed by atoms with van der Waals surface area (Å²) in [5.41, 5.74) is 2.50. The summed E-state index contributed by atoms with van der Waals surface area (Å²) in [5.74, 6) is 1.28. The molecule has 0 spiro atoms. The van der Waals surface area contributed by atoms with Crippen molar-refractivity contribution >= 4 is 5.97 Å². The molecule has 3 aliphatic rings. The fourth-order valence-corrected chi connectivity index (χ4v) is 4.23. The highest BCUT2D eigenvalue weighted by Gasteiger charge is 2.44. The fraction of sp³-hybridized carbons (Fsp3) is 0.381. The zero-order chi connectivity index (χ0) is 21.9. The lowest BCUT2D eigenvalue weighted by Crippen LogP contribution is -2.36. The molecular weight excluding hydrogens is 362 g/mol. The minimum absolute atomic E-state index is 0.115. The van der Waals surface area contributed by atoms with Gasteiger partial charge in [-0.1, -0.05) is 6.07 Å². The van der Waals surface area contributed by atoms with E-state index in [1.165, 1.54) is 19.1 Å². The average molecular weight is 386 g/mol. The van der Waals surface area contributed by atoms with E-state index in [1.807, 2.05) is 6.07 Å². The van der Waals surface area contributed by atoms with Crippen LogP contribution in [-0.4, -0.2) is 45.4 Å². The Bertz CT molecular complexity index is 1070. The van der Waals surface area contributed by atoms with Gasteiger partial charge in [0, 0.05) is 16.2 Å². The number of carbonyl (C=O) groups excluding carboxylic acids is 1. The standard InChI is InChI=1S/C21H21NO6/c1-22-7-6-11-8-15-16(27-10-26-15)9-13(11)18(22)19-12-4-5-14(24-2)20(25-3)17(12)21(23)28-19/h4-5,8-9,18-19H,6-7,10H2,1-3H3/t18-,19+/m0/s1/i1D3. The van der Waals surface area contributed by atoms with Gasteiger partial charge < -0.3 is 23.7 Å². The van der Waals surface area contributed by atoms with Crippen LogP contribution in [0.5, 0.6) is 23.0 Å². The SMILES string of the molecule is [2H]C([2H])([2H])N1CCc2cc3c(cc2[C@H]1[C@@H]1OC(=O)c2c1ccc(OC)c2OC)OCO3. The average Bonchev–Trinajstić information content (AvgIpc) is 3.33. The Kier molecular flexibility index (Phi) is 3.18. The Hall–Kier alpha value is -2.93. The van der Waals surface area contributed by atoms with Gasteiger partial charge in [0.2, 0.25) is 6.79 Å². The minimum atomic E-state index is -2.38. The number of fused-ring (bicyclic) bond motifs is 3. The van der Waals surface area contributed by atoms with Crippen LogP contribution in [0.2, 0.25) is 0 Å². The number of rotatable bonds is 3. The van der Waals surface area contributed by atoms with E-state index in [1.54, 1.807) is 18.2 Å². The van der Waals surface area contributed by atoms with Crippen LogP contribution in [0.1, 0.15) is 43.3 Å². The number of hydrogen-bond donors (Lipinski definition) is 0. The van der Waals surface area contributed by atoms with Crippen molar-refractivity contribution in [2.75, 3.05) is 34.5 Å². The summed E-state index contributed by atoms with van der Waals surface area (Å²) in [6, 6.07) is 6.37. The van der Waals surface area contributed by atoms with E-state index in [0.717, 1.165) is 11.1 Å². The Morgan fingerprint density at radius 2 is 1.96 bits per heavy atom. The number of carbonyl (C=O) groups is 1. The third kappa shape index (κ3) is 2.36. The van der Waals surface area contributed by atoms with E-state index < -0.39 is 25.1 Å². The lowest BCUT2D eigenvalue weighted by atomic mass is 9.86. The molecule has 0 N–H and O–H groups in total. The van der Waals surface area contributed by atoms with Gasteiger partial charge in [-0.3, -0.25) is 4.90 Å². The first-order chi connectivity index (χ1) is 14.8. The molecule has 0 fully saturated rings. The zero-order valence-electron chi connectivity index (χ0n) is 18.5. The number of likely N-dealkylation sites (N-methyl/N-ethyl adjacent to an activating group) is 1. The predicted octanol–water partition coefficient (Wildman–Crippen LogP) is 2.87. The van der Waals surface area contributed by atoms with Crippen molar-refractivity contribution in [1.82, 2.24) is 4.90 Å². The molecule has 0 saturated carbocycles. The van der Waals surface area contributed by atoms with Gasteiger partial charge in [-0.05, 0) is 42.7 Å². The highest BCUT2D eigenvalue weighted by molar-refractivity contribution is 5.98. The van der Waals surface area contributed by atoms with E-state index in [4.69, 9.17) is 27.8 Å². The van der Waals surface area contributed by atoms with Crippen LogP contribution in [0.15, 0.2) is 24.3 Å². The van der Waals surface area contributed by atoms with Crippen LogP contribution in [-0.2, 0) is 11.2 Å². The van der Waals surface area contributed by atoms with Gasteiger partial charge >= 0.3 is 5.97 Å². The summed E-state index contributed by atoms with van der Waals surface area (Å²) in [7, 11) is 2.93. The van der Waals surface area contributed by atoms with Crippen molar-refractivity contribution in [1.29, 1.82) is 0 Å². The molecule has 5 rings (SSSR count). The maximum Gasteiger partial charge on any atom is 0.343 e.